The number of para-hydroxylation sites is 1. The summed E-state index contributed by atoms with van der Waals surface area (Å²) in [5, 5.41) is 2.99. The van der Waals surface area contributed by atoms with Gasteiger partial charge in [-0.2, -0.15) is 0 Å². The summed E-state index contributed by atoms with van der Waals surface area (Å²) < 4.78 is 33.0. The van der Waals surface area contributed by atoms with Crippen molar-refractivity contribution in [1.82, 2.24) is 10.2 Å². The molecule has 0 radical (unpaired) electrons. The van der Waals surface area contributed by atoms with E-state index in [1.807, 2.05) is 97.9 Å². The highest BCUT2D eigenvalue weighted by molar-refractivity contribution is 7.92. The van der Waals surface area contributed by atoms with Gasteiger partial charge in [-0.15, -0.1) is 0 Å². The number of ether oxygens (including phenoxy) is 1. The van der Waals surface area contributed by atoms with Crippen molar-refractivity contribution >= 4 is 27.5 Å². The third kappa shape index (κ3) is 9.44. The van der Waals surface area contributed by atoms with Gasteiger partial charge < -0.3 is 15.0 Å². The van der Waals surface area contributed by atoms with Crippen LogP contribution in [0.5, 0.6) is 11.5 Å². The molecule has 0 aliphatic carbocycles. The van der Waals surface area contributed by atoms with Gasteiger partial charge >= 0.3 is 0 Å². The largest absolute Gasteiger partial charge is 0.457 e. The summed E-state index contributed by atoms with van der Waals surface area (Å²) in [6.07, 6.45) is 3.06. The molecule has 0 heterocycles. The molecule has 0 spiro atoms. The number of anilines is 1. The van der Waals surface area contributed by atoms with E-state index in [0.717, 1.165) is 34.5 Å². The summed E-state index contributed by atoms with van der Waals surface area (Å²) in [6.45, 7) is 2.19. The first kappa shape index (κ1) is 32.3. The van der Waals surface area contributed by atoms with Gasteiger partial charge in [0.25, 0.3) is 0 Å². The third-order valence-electron chi connectivity index (χ3n) is 7.08. The Labute approximate surface area is 260 Å². The van der Waals surface area contributed by atoms with E-state index in [1.54, 1.807) is 24.3 Å². The van der Waals surface area contributed by atoms with Crippen LogP contribution in [0.2, 0.25) is 0 Å². The molecule has 0 aliphatic heterocycles. The minimum absolute atomic E-state index is 0.139. The van der Waals surface area contributed by atoms with E-state index in [-0.39, 0.29) is 18.9 Å². The fourth-order valence-electron chi connectivity index (χ4n) is 4.76. The second-order valence-electron chi connectivity index (χ2n) is 10.5. The fraction of sp³-hybridized carbons (Fsp3) is 0.257. The topological polar surface area (TPSA) is 96.0 Å². The molecule has 0 saturated carbocycles. The van der Waals surface area contributed by atoms with Gasteiger partial charge in [-0.25, -0.2) is 8.42 Å². The van der Waals surface area contributed by atoms with Crippen LogP contribution in [0, 0.1) is 0 Å². The highest BCUT2D eigenvalue weighted by atomic mass is 32.2. The second-order valence-corrected chi connectivity index (χ2v) is 12.4. The second kappa shape index (κ2) is 15.7. The highest BCUT2D eigenvalue weighted by Crippen LogP contribution is 2.26. The summed E-state index contributed by atoms with van der Waals surface area (Å²) >= 11 is 0. The molecular weight excluding hydrogens is 574 g/mol. The van der Waals surface area contributed by atoms with Crippen LogP contribution in [0.25, 0.3) is 0 Å². The molecule has 1 N–H and O–H groups in total. The van der Waals surface area contributed by atoms with Crippen molar-refractivity contribution in [1.29, 1.82) is 0 Å². The summed E-state index contributed by atoms with van der Waals surface area (Å²) in [5.41, 5.74) is 2.03. The number of nitrogens with one attached hydrogen (secondary N) is 1. The molecule has 1 atom stereocenters. The SMILES string of the molecule is CCCCNC(=O)C(Cc1ccccc1)N(Cc1ccccc1)C(=O)CN(c1ccc(Oc2ccccc2)cc1)S(C)(=O)=O. The van der Waals surface area contributed by atoms with E-state index < -0.39 is 28.5 Å². The van der Waals surface area contributed by atoms with Gasteiger partial charge in [0.05, 0.1) is 11.9 Å². The lowest BCUT2D eigenvalue weighted by molar-refractivity contribution is -0.140. The number of benzene rings is 4. The predicted octanol–water partition coefficient (Wildman–Crippen LogP) is 5.80. The minimum atomic E-state index is -3.87. The van der Waals surface area contributed by atoms with E-state index >= 15 is 0 Å². The molecule has 230 valence electrons. The molecule has 2 amide bonds. The number of rotatable bonds is 15. The Kier molecular flexibility index (Phi) is 11.5. The summed E-state index contributed by atoms with van der Waals surface area (Å²) in [5.74, 6) is 0.404. The number of unbranched alkanes of at least 4 members (excludes halogenated alkanes) is 1. The lowest BCUT2D eigenvalue weighted by atomic mass is 10.0. The van der Waals surface area contributed by atoms with Crippen molar-refractivity contribution in [2.24, 2.45) is 0 Å². The van der Waals surface area contributed by atoms with Crippen molar-refractivity contribution in [3.63, 3.8) is 0 Å². The number of sulfonamides is 1. The van der Waals surface area contributed by atoms with Gasteiger partial charge in [0, 0.05) is 19.5 Å². The predicted molar refractivity (Wildman–Crippen MR) is 174 cm³/mol. The first-order valence-electron chi connectivity index (χ1n) is 14.7. The van der Waals surface area contributed by atoms with Gasteiger partial charge in [-0.3, -0.25) is 13.9 Å². The average molecular weight is 614 g/mol. The van der Waals surface area contributed by atoms with E-state index in [0.29, 0.717) is 23.7 Å². The lowest BCUT2D eigenvalue weighted by Gasteiger charge is -2.33. The van der Waals surface area contributed by atoms with Crippen LogP contribution in [0.4, 0.5) is 5.69 Å². The zero-order valence-corrected chi connectivity index (χ0v) is 26.0. The monoisotopic (exact) mass is 613 g/mol. The van der Waals surface area contributed by atoms with Crippen LogP contribution < -0.4 is 14.4 Å². The summed E-state index contributed by atoms with van der Waals surface area (Å²) in [7, 11) is -3.87. The van der Waals surface area contributed by atoms with Crippen LogP contribution in [0.1, 0.15) is 30.9 Å². The molecule has 0 bridgehead atoms. The molecule has 4 aromatic rings. The molecule has 8 nitrogen and oxygen atoms in total. The molecule has 44 heavy (non-hydrogen) atoms. The molecule has 0 aliphatic rings. The summed E-state index contributed by atoms with van der Waals surface area (Å²) in [6, 6.07) is 33.8. The van der Waals surface area contributed by atoms with Crippen LogP contribution in [0.15, 0.2) is 115 Å². The average Bonchev–Trinajstić information content (AvgIpc) is 3.03. The highest BCUT2D eigenvalue weighted by Gasteiger charge is 2.33. The Balaban J connectivity index is 1.64. The smallest absolute Gasteiger partial charge is 0.244 e. The number of carbonyl (C=O) groups excluding carboxylic acids is 2. The number of carbonyl (C=O) groups is 2. The van der Waals surface area contributed by atoms with Crippen molar-refractivity contribution in [3.05, 3.63) is 126 Å². The number of nitrogens with zero attached hydrogens (tertiary/aromatic N) is 2. The standard InChI is InChI=1S/C35H39N3O5S/c1-3-4-24-36-35(40)33(25-28-14-8-5-9-15-28)37(26-29-16-10-6-11-17-29)34(39)27-38(44(2,41)42)30-20-22-32(23-21-30)43-31-18-12-7-13-19-31/h5-23,33H,3-4,24-27H2,1-2H3,(H,36,40). The van der Waals surface area contributed by atoms with Gasteiger partial charge in [0.15, 0.2) is 0 Å². The quantitative estimate of drug-likeness (QED) is 0.171. The minimum Gasteiger partial charge on any atom is -0.457 e. The van der Waals surface area contributed by atoms with E-state index in [4.69, 9.17) is 4.74 Å². The van der Waals surface area contributed by atoms with Crippen LogP contribution in [-0.2, 0) is 32.6 Å². The Morgan fingerprint density at radius 2 is 1.32 bits per heavy atom. The normalized spacial score (nSPS) is 11.8. The molecule has 0 saturated heterocycles. The van der Waals surface area contributed by atoms with Crippen molar-refractivity contribution in [2.75, 3.05) is 23.7 Å². The van der Waals surface area contributed by atoms with Gasteiger partial charge in [0.2, 0.25) is 21.8 Å². The maximum Gasteiger partial charge on any atom is 0.244 e. The number of amides is 2. The van der Waals surface area contributed by atoms with Crippen molar-refractivity contribution < 1.29 is 22.7 Å². The van der Waals surface area contributed by atoms with Gasteiger partial charge in [0.1, 0.15) is 24.1 Å². The Bertz CT molecular complexity index is 1580. The molecule has 0 fully saturated rings. The summed E-state index contributed by atoms with van der Waals surface area (Å²) in [4.78, 5) is 29.3. The van der Waals surface area contributed by atoms with Gasteiger partial charge in [-0.1, -0.05) is 92.2 Å². The van der Waals surface area contributed by atoms with Crippen LogP contribution >= 0.6 is 0 Å². The van der Waals surface area contributed by atoms with Crippen molar-refractivity contribution in [3.8, 4) is 11.5 Å². The Morgan fingerprint density at radius 3 is 1.89 bits per heavy atom. The number of hydrogen-bond acceptors (Lipinski definition) is 5. The van der Waals surface area contributed by atoms with Crippen LogP contribution in [-0.4, -0.2) is 50.5 Å². The molecule has 9 heteroatoms. The first-order valence-corrected chi connectivity index (χ1v) is 16.5. The van der Waals surface area contributed by atoms with E-state index in [2.05, 4.69) is 5.32 Å². The molecule has 1 unspecified atom stereocenters. The molecule has 4 aromatic carbocycles. The number of hydrogen-bond donors (Lipinski definition) is 1. The molecular formula is C35H39N3O5S. The molecule has 4 rings (SSSR count). The maximum atomic E-state index is 14.2. The van der Waals surface area contributed by atoms with E-state index in [1.165, 1.54) is 4.90 Å². The van der Waals surface area contributed by atoms with E-state index in [9.17, 15) is 18.0 Å². The Hall–Kier alpha value is -4.63. The zero-order valence-electron chi connectivity index (χ0n) is 25.1. The van der Waals surface area contributed by atoms with Crippen LogP contribution in [0.3, 0.4) is 0 Å². The fourth-order valence-corrected chi connectivity index (χ4v) is 5.61. The van der Waals surface area contributed by atoms with Gasteiger partial charge in [-0.05, 0) is 53.9 Å². The molecule has 0 aromatic heterocycles. The lowest BCUT2D eigenvalue weighted by Crippen LogP contribution is -2.53. The van der Waals surface area contributed by atoms with Crippen molar-refractivity contribution in [2.45, 2.75) is 38.8 Å². The Morgan fingerprint density at radius 1 is 0.773 bits per heavy atom. The third-order valence-corrected chi connectivity index (χ3v) is 8.22. The zero-order chi connectivity index (χ0) is 31.4. The first-order chi connectivity index (χ1) is 21.2. The maximum absolute atomic E-state index is 14.2.